The van der Waals surface area contributed by atoms with Crippen molar-refractivity contribution in [3.8, 4) is 0 Å². The van der Waals surface area contributed by atoms with Crippen LogP contribution in [0.2, 0.25) is 0 Å². The van der Waals surface area contributed by atoms with Gasteiger partial charge >= 0.3 is 5.97 Å². The normalized spacial score (nSPS) is 8.33. The van der Waals surface area contributed by atoms with Gasteiger partial charge in [0, 0.05) is 20.9 Å². The molecule has 0 radical (unpaired) electrons. The highest BCUT2D eigenvalue weighted by Crippen LogP contribution is 1.84. The largest absolute Gasteiger partial charge is 0.339 e. The molecular weight excluding hydrogens is 122 g/mol. The Hall–Kier alpha value is -1.06. The molecule has 0 atom stereocenters. The molecular formula is C5H9NO3. The summed E-state index contributed by atoms with van der Waals surface area (Å²) in [6.07, 6.45) is 0. The summed E-state index contributed by atoms with van der Waals surface area (Å²) in [4.78, 5) is 24.8. The summed E-state index contributed by atoms with van der Waals surface area (Å²) in [6.45, 7) is 2.54. The van der Waals surface area contributed by atoms with Gasteiger partial charge in [-0.3, -0.25) is 9.59 Å². The average Bonchev–Trinajstić information content (AvgIpc) is 1.63. The Morgan fingerprint density at radius 1 is 1.33 bits per heavy atom. The minimum Gasteiger partial charge on any atom is -0.339 e. The van der Waals surface area contributed by atoms with Crippen molar-refractivity contribution in [1.82, 2.24) is 5.06 Å². The van der Waals surface area contributed by atoms with E-state index in [1.165, 1.54) is 20.9 Å². The third kappa shape index (κ3) is 3.52. The molecule has 9 heavy (non-hydrogen) atoms. The first-order valence-electron chi connectivity index (χ1n) is 2.47. The van der Waals surface area contributed by atoms with Crippen LogP contribution in [0.25, 0.3) is 0 Å². The number of hydrogen-bond donors (Lipinski definition) is 0. The number of carbonyl (C=O) groups excluding carboxylic acids is 2. The van der Waals surface area contributed by atoms with Gasteiger partial charge in [0.05, 0.1) is 0 Å². The maximum absolute atomic E-state index is 10.3. The molecule has 4 nitrogen and oxygen atoms in total. The highest BCUT2D eigenvalue weighted by atomic mass is 16.7. The zero-order valence-electron chi connectivity index (χ0n) is 5.67. The predicted octanol–water partition coefficient (Wildman–Crippen LogP) is -0.0572. The minimum absolute atomic E-state index is 0.301. The van der Waals surface area contributed by atoms with Crippen molar-refractivity contribution in [2.24, 2.45) is 0 Å². The van der Waals surface area contributed by atoms with Crippen LogP contribution in [0.4, 0.5) is 0 Å². The van der Waals surface area contributed by atoms with Gasteiger partial charge in [0.1, 0.15) is 0 Å². The van der Waals surface area contributed by atoms with E-state index < -0.39 is 5.97 Å². The first-order valence-corrected chi connectivity index (χ1v) is 2.47. The van der Waals surface area contributed by atoms with Crippen LogP contribution >= 0.6 is 0 Å². The van der Waals surface area contributed by atoms with Gasteiger partial charge in [-0.25, -0.2) is 0 Å². The maximum Gasteiger partial charge on any atom is 0.329 e. The lowest BCUT2D eigenvalue weighted by Gasteiger charge is -2.11. The van der Waals surface area contributed by atoms with Crippen LogP contribution in [0, 0.1) is 0 Å². The Balaban J connectivity index is 3.63. The lowest BCUT2D eigenvalue weighted by Crippen LogP contribution is -2.26. The second-order valence-corrected chi connectivity index (χ2v) is 1.60. The zero-order chi connectivity index (χ0) is 7.44. The molecule has 0 rings (SSSR count). The average molecular weight is 131 g/mol. The number of hydroxylamine groups is 2. The molecule has 0 bridgehead atoms. The Bertz CT molecular complexity index is 132. The van der Waals surface area contributed by atoms with Crippen LogP contribution in [0.1, 0.15) is 13.8 Å². The van der Waals surface area contributed by atoms with Crippen molar-refractivity contribution >= 4 is 11.9 Å². The lowest BCUT2D eigenvalue weighted by atomic mass is 10.7. The second kappa shape index (κ2) is 3.06. The summed E-state index contributed by atoms with van der Waals surface area (Å²) in [6, 6.07) is 0. The maximum atomic E-state index is 10.3. The van der Waals surface area contributed by atoms with Gasteiger partial charge < -0.3 is 4.84 Å². The van der Waals surface area contributed by atoms with E-state index >= 15 is 0 Å². The molecule has 0 aliphatic heterocycles. The third-order valence-electron chi connectivity index (χ3n) is 0.709. The van der Waals surface area contributed by atoms with Crippen LogP contribution in [0.5, 0.6) is 0 Å². The van der Waals surface area contributed by atoms with E-state index in [0.717, 1.165) is 5.06 Å². The molecule has 4 heteroatoms. The second-order valence-electron chi connectivity index (χ2n) is 1.60. The first kappa shape index (κ1) is 7.94. The Morgan fingerprint density at radius 2 is 1.78 bits per heavy atom. The fraction of sp³-hybridized carbons (Fsp3) is 0.600. The van der Waals surface area contributed by atoms with Crippen LogP contribution in [-0.2, 0) is 14.4 Å². The monoisotopic (exact) mass is 131 g/mol. The molecule has 0 unspecified atom stereocenters. The van der Waals surface area contributed by atoms with Gasteiger partial charge in [-0.15, -0.1) is 0 Å². The number of hydrogen-bond acceptors (Lipinski definition) is 3. The van der Waals surface area contributed by atoms with E-state index in [-0.39, 0.29) is 5.91 Å². The molecule has 0 spiro atoms. The molecule has 0 heterocycles. The van der Waals surface area contributed by atoms with Crippen LogP contribution < -0.4 is 0 Å². The van der Waals surface area contributed by atoms with Crippen molar-refractivity contribution < 1.29 is 14.4 Å². The molecule has 0 aromatic carbocycles. The summed E-state index contributed by atoms with van der Waals surface area (Å²) in [5, 5.41) is 0.877. The molecule has 52 valence electrons. The summed E-state index contributed by atoms with van der Waals surface area (Å²) in [7, 11) is 1.38. The van der Waals surface area contributed by atoms with Crippen LogP contribution in [0.3, 0.4) is 0 Å². The molecule has 1 amide bonds. The predicted molar refractivity (Wildman–Crippen MR) is 30.2 cm³/mol. The van der Waals surface area contributed by atoms with Gasteiger partial charge in [-0.2, -0.15) is 5.06 Å². The fourth-order valence-corrected chi connectivity index (χ4v) is 0.257. The van der Waals surface area contributed by atoms with E-state index in [9.17, 15) is 9.59 Å². The summed E-state index contributed by atoms with van der Waals surface area (Å²) >= 11 is 0. The highest BCUT2D eigenvalue weighted by Gasteiger charge is 2.03. The smallest absolute Gasteiger partial charge is 0.329 e. The van der Waals surface area contributed by atoms with E-state index in [1.54, 1.807) is 0 Å². The standard InChI is InChI=1S/C5H9NO3/c1-4(7)6(3)9-5(2)8/h1-3H3. The summed E-state index contributed by atoms with van der Waals surface area (Å²) in [5.74, 6) is -0.794. The Morgan fingerprint density at radius 3 is 1.89 bits per heavy atom. The molecule has 0 aromatic rings. The summed E-state index contributed by atoms with van der Waals surface area (Å²) < 4.78 is 0. The van der Waals surface area contributed by atoms with Gasteiger partial charge in [0.2, 0.25) is 0 Å². The van der Waals surface area contributed by atoms with E-state index in [1.807, 2.05) is 0 Å². The topological polar surface area (TPSA) is 46.6 Å². The van der Waals surface area contributed by atoms with Gasteiger partial charge in [0.25, 0.3) is 5.91 Å². The molecule has 0 aliphatic carbocycles. The fourth-order valence-electron chi connectivity index (χ4n) is 0.257. The molecule has 0 aromatic heterocycles. The lowest BCUT2D eigenvalue weighted by molar-refractivity contribution is -0.189. The van der Waals surface area contributed by atoms with Crippen molar-refractivity contribution in [2.45, 2.75) is 13.8 Å². The highest BCUT2D eigenvalue weighted by molar-refractivity contribution is 5.74. The number of nitrogens with zero attached hydrogens (tertiary/aromatic N) is 1. The molecule has 0 N–H and O–H groups in total. The SMILES string of the molecule is CC(=O)ON(C)C(C)=O. The number of amides is 1. The Kier molecular flexibility index (Phi) is 2.70. The van der Waals surface area contributed by atoms with Crippen molar-refractivity contribution in [2.75, 3.05) is 7.05 Å². The first-order chi connectivity index (χ1) is 4.04. The van der Waals surface area contributed by atoms with E-state index in [4.69, 9.17) is 0 Å². The van der Waals surface area contributed by atoms with E-state index in [2.05, 4.69) is 4.84 Å². The van der Waals surface area contributed by atoms with Crippen LogP contribution in [-0.4, -0.2) is 24.0 Å². The van der Waals surface area contributed by atoms with Crippen LogP contribution in [0.15, 0.2) is 0 Å². The van der Waals surface area contributed by atoms with Crippen molar-refractivity contribution in [3.05, 3.63) is 0 Å². The minimum atomic E-state index is -0.493. The zero-order valence-corrected chi connectivity index (χ0v) is 5.67. The quantitative estimate of drug-likeness (QED) is 0.433. The Labute approximate surface area is 53.3 Å². The molecule has 0 fully saturated rings. The van der Waals surface area contributed by atoms with E-state index in [0.29, 0.717) is 0 Å². The molecule has 0 aliphatic rings. The van der Waals surface area contributed by atoms with Gasteiger partial charge in [-0.05, 0) is 0 Å². The van der Waals surface area contributed by atoms with Crippen molar-refractivity contribution in [1.29, 1.82) is 0 Å². The third-order valence-corrected chi connectivity index (χ3v) is 0.709. The van der Waals surface area contributed by atoms with Crippen molar-refractivity contribution in [3.63, 3.8) is 0 Å². The summed E-state index contributed by atoms with van der Waals surface area (Å²) in [5.41, 5.74) is 0. The number of rotatable bonds is 0. The number of carbonyl (C=O) groups is 2. The molecule has 0 saturated heterocycles. The molecule has 0 saturated carbocycles. The van der Waals surface area contributed by atoms with Gasteiger partial charge in [0.15, 0.2) is 0 Å². The van der Waals surface area contributed by atoms with Gasteiger partial charge in [-0.1, -0.05) is 0 Å².